The number of aryl methyl sites for hydroxylation is 2. The molecule has 0 spiro atoms. The summed E-state index contributed by atoms with van der Waals surface area (Å²) in [5, 5.41) is 0. The number of nitrogens with zero attached hydrogens (tertiary/aromatic N) is 1. The van der Waals surface area contributed by atoms with Gasteiger partial charge in [0.25, 0.3) is 11.8 Å². The van der Waals surface area contributed by atoms with Crippen LogP contribution in [0.3, 0.4) is 0 Å². The van der Waals surface area contributed by atoms with Crippen molar-refractivity contribution in [1.82, 2.24) is 4.90 Å². The first-order chi connectivity index (χ1) is 16.5. The molecular formula is C30H33NO3. The maximum atomic E-state index is 12.4. The largest absolute Gasteiger partial charge is 0.493 e. The third-order valence-electron chi connectivity index (χ3n) is 6.70. The van der Waals surface area contributed by atoms with E-state index in [1.165, 1.54) is 32.7 Å². The molecule has 0 radical (unpaired) electrons. The highest BCUT2D eigenvalue weighted by molar-refractivity contribution is 6.21. The van der Waals surface area contributed by atoms with Crippen molar-refractivity contribution in [1.29, 1.82) is 0 Å². The van der Waals surface area contributed by atoms with Crippen LogP contribution in [-0.2, 0) is 0 Å². The quantitative estimate of drug-likeness (QED) is 0.247. The van der Waals surface area contributed by atoms with Gasteiger partial charge in [0.15, 0.2) is 0 Å². The van der Waals surface area contributed by atoms with Crippen LogP contribution in [0.25, 0.3) is 11.1 Å². The Bertz CT molecular complexity index is 1160. The third kappa shape index (κ3) is 4.91. The Balaban J connectivity index is 1.20. The lowest BCUT2D eigenvalue weighted by molar-refractivity contribution is 0.0651. The summed E-state index contributed by atoms with van der Waals surface area (Å²) in [7, 11) is 0. The average molecular weight is 456 g/mol. The molecule has 0 atom stereocenters. The van der Waals surface area contributed by atoms with Gasteiger partial charge in [-0.2, -0.15) is 0 Å². The third-order valence-corrected chi connectivity index (χ3v) is 6.70. The summed E-state index contributed by atoms with van der Waals surface area (Å²) in [5.41, 5.74) is 7.31. The number of imide groups is 1. The van der Waals surface area contributed by atoms with Gasteiger partial charge in [0.2, 0.25) is 0 Å². The molecule has 0 fully saturated rings. The van der Waals surface area contributed by atoms with E-state index in [1.807, 2.05) is 0 Å². The van der Waals surface area contributed by atoms with Crippen LogP contribution in [0.15, 0.2) is 60.7 Å². The predicted molar refractivity (Wildman–Crippen MR) is 136 cm³/mol. The van der Waals surface area contributed by atoms with Gasteiger partial charge >= 0.3 is 0 Å². The highest BCUT2D eigenvalue weighted by atomic mass is 16.5. The monoisotopic (exact) mass is 455 g/mol. The Labute approximate surface area is 202 Å². The SMILES string of the molecule is Cc1ccccc1-c1c(C)ccc(OCCCCCCCN2C(=O)c3ccccc3C2=O)c1C. The van der Waals surface area contributed by atoms with E-state index in [2.05, 4.69) is 57.2 Å². The minimum Gasteiger partial charge on any atom is -0.493 e. The number of carbonyl (C=O) groups excluding carboxylic acids is 2. The Kier molecular flexibility index (Phi) is 7.46. The molecule has 1 aliphatic heterocycles. The van der Waals surface area contributed by atoms with E-state index >= 15 is 0 Å². The molecule has 0 unspecified atom stereocenters. The van der Waals surface area contributed by atoms with Crippen LogP contribution in [0.1, 0.15) is 69.5 Å². The number of hydrogen-bond donors (Lipinski definition) is 0. The molecule has 1 aliphatic rings. The van der Waals surface area contributed by atoms with Crippen LogP contribution in [0.5, 0.6) is 5.75 Å². The zero-order valence-corrected chi connectivity index (χ0v) is 20.4. The van der Waals surface area contributed by atoms with Crippen LogP contribution in [-0.4, -0.2) is 29.9 Å². The Morgan fingerprint density at radius 3 is 1.91 bits per heavy atom. The zero-order valence-electron chi connectivity index (χ0n) is 20.4. The molecule has 4 heteroatoms. The second-order valence-corrected chi connectivity index (χ2v) is 9.12. The summed E-state index contributed by atoms with van der Waals surface area (Å²) < 4.78 is 6.15. The van der Waals surface area contributed by atoms with E-state index in [4.69, 9.17) is 4.74 Å². The van der Waals surface area contributed by atoms with Crippen molar-refractivity contribution in [3.05, 3.63) is 88.5 Å². The molecule has 34 heavy (non-hydrogen) atoms. The average Bonchev–Trinajstić information content (AvgIpc) is 3.08. The first-order valence-electron chi connectivity index (χ1n) is 12.2. The predicted octanol–water partition coefficient (Wildman–Crippen LogP) is 6.90. The van der Waals surface area contributed by atoms with Crippen LogP contribution < -0.4 is 4.74 Å². The standard InChI is InChI=1S/C30H33NO3/c1-21-13-7-8-14-24(21)28-22(2)17-18-27(23(28)3)34-20-12-6-4-5-11-19-31-29(32)25-15-9-10-16-26(25)30(31)33/h7-10,13-18H,4-6,11-12,19-20H2,1-3H3. The fourth-order valence-corrected chi connectivity index (χ4v) is 4.78. The van der Waals surface area contributed by atoms with Crippen LogP contribution in [0.4, 0.5) is 0 Å². The van der Waals surface area contributed by atoms with Gasteiger partial charge in [-0.25, -0.2) is 0 Å². The fraction of sp³-hybridized carbons (Fsp3) is 0.333. The summed E-state index contributed by atoms with van der Waals surface area (Å²) >= 11 is 0. The molecule has 4 rings (SSSR count). The fourth-order valence-electron chi connectivity index (χ4n) is 4.78. The molecule has 0 saturated carbocycles. The topological polar surface area (TPSA) is 46.6 Å². The molecule has 4 nitrogen and oxygen atoms in total. The number of amides is 2. The molecule has 0 aromatic heterocycles. The minimum absolute atomic E-state index is 0.160. The second kappa shape index (κ2) is 10.7. The summed E-state index contributed by atoms with van der Waals surface area (Å²) in [5.74, 6) is 0.634. The molecule has 0 bridgehead atoms. The molecule has 0 N–H and O–H groups in total. The van der Waals surface area contributed by atoms with Gasteiger partial charge in [-0.3, -0.25) is 14.5 Å². The molecule has 0 saturated heterocycles. The van der Waals surface area contributed by atoms with Crippen molar-refractivity contribution in [2.45, 2.75) is 52.9 Å². The number of rotatable bonds is 10. The van der Waals surface area contributed by atoms with E-state index in [1.54, 1.807) is 24.3 Å². The van der Waals surface area contributed by atoms with Crippen molar-refractivity contribution in [3.63, 3.8) is 0 Å². The number of fused-ring (bicyclic) bond motifs is 1. The normalized spacial score (nSPS) is 12.9. The van der Waals surface area contributed by atoms with E-state index in [9.17, 15) is 9.59 Å². The van der Waals surface area contributed by atoms with Gasteiger partial charge in [-0.05, 0) is 79.6 Å². The first kappa shape index (κ1) is 23.7. The number of carbonyl (C=O) groups is 2. The molecule has 3 aromatic rings. The van der Waals surface area contributed by atoms with Crippen molar-refractivity contribution in [3.8, 4) is 16.9 Å². The Morgan fingerprint density at radius 2 is 1.24 bits per heavy atom. The number of hydrogen-bond acceptors (Lipinski definition) is 3. The summed E-state index contributed by atoms with van der Waals surface area (Å²) in [6, 6.07) is 19.8. The second-order valence-electron chi connectivity index (χ2n) is 9.12. The van der Waals surface area contributed by atoms with Crippen molar-refractivity contribution in [2.75, 3.05) is 13.2 Å². The first-order valence-corrected chi connectivity index (χ1v) is 12.2. The smallest absolute Gasteiger partial charge is 0.261 e. The van der Waals surface area contributed by atoms with Crippen LogP contribution in [0, 0.1) is 20.8 Å². The lowest BCUT2D eigenvalue weighted by atomic mass is 9.92. The number of ether oxygens (including phenoxy) is 1. The lowest BCUT2D eigenvalue weighted by Crippen LogP contribution is -2.30. The summed E-state index contributed by atoms with van der Waals surface area (Å²) in [6.45, 7) is 7.63. The number of unbranched alkanes of at least 4 members (excludes halogenated alkanes) is 4. The van der Waals surface area contributed by atoms with Crippen molar-refractivity contribution < 1.29 is 14.3 Å². The molecule has 176 valence electrons. The molecule has 0 aliphatic carbocycles. The van der Waals surface area contributed by atoms with Crippen LogP contribution in [0.2, 0.25) is 0 Å². The van der Waals surface area contributed by atoms with Gasteiger partial charge in [-0.15, -0.1) is 0 Å². The lowest BCUT2D eigenvalue weighted by Gasteiger charge is -2.17. The number of benzene rings is 3. The molecule has 2 amide bonds. The summed E-state index contributed by atoms with van der Waals surface area (Å²) in [4.78, 5) is 26.2. The Hall–Kier alpha value is -3.40. The van der Waals surface area contributed by atoms with Gasteiger partial charge in [-0.1, -0.05) is 61.7 Å². The van der Waals surface area contributed by atoms with Gasteiger partial charge in [0.05, 0.1) is 17.7 Å². The molecular weight excluding hydrogens is 422 g/mol. The van der Waals surface area contributed by atoms with E-state index < -0.39 is 0 Å². The van der Waals surface area contributed by atoms with Crippen LogP contribution >= 0.6 is 0 Å². The molecule has 3 aromatic carbocycles. The van der Waals surface area contributed by atoms with Gasteiger partial charge in [0, 0.05) is 6.54 Å². The van der Waals surface area contributed by atoms with Gasteiger partial charge < -0.3 is 4.74 Å². The highest BCUT2D eigenvalue weighted by Crippen LogP contribution is 2.35. The van der Waals surface area contributed by atoms with E-state index in [0.29, 0.717) is 24.3 Å². The highest BCUT2D eigenvalue weighted by Gasteiger charge is 2.34. The van der Waals surface area contributed by atoms with E-state index in [0.717, 1.165) is 37.9 Å². The van der Waals surface area contributed by atoms with Crippen molar-refractivity contribution >= 4 is 11.8 Å². The van der Waals surface area contributed by atoms with E-state index in [-0.39, 0.29) is 11.8 Å². The Morgan fingerprint density at radius 1 is 0.647 bits per heavy atom. The summed E-state index contributed by atoms with van der Waals surface area (Å²) in [6.07, 6.45) is 4.95. The maximum Gasteiger partial charge on any atom is 0.261 e. The zero-order chi connectivity index (χ0) is 24.1. The van der Waals surface area contributed by atoms with Gasteiger partial charge in [0.1, 0.15) is 5.75 Å². The maximum absolute atomic E-state index is 12.4. The van der Waals surface area contributed by atoms with Crippen molar-refractivity contribution in [2.24, 2.45) is 0 Å². The molecule has 1 heterocycles. The minimum atomic E-state index is -0.160.